The van der Waals surface area contributed by atoms with E-state index < -0.39 is 0 Å². The number of aryl methyl sites for hydroxylation is 1. The minimum atomic E-state index is -0.219. The molecule has 1 N–H and O–H groups in total. The van der Waals surface area contributed by atoms with Crippen LogP contribution in [0.25, 0.3) is 11.3 Å². The van der Waals surface area contributed by atoms with Crippen LogP contribution >= 0.6 is 0 Å². The molecule has 24 heavy (non-hydrogen) atoms. The van der Waals surface area contributed by atoms with Gasteiger partial charge in [-0.2, -0.15) is 0 Å². The van der Waals surface area contributed by atoms with Gasteiger partial charge in [-0.3, -0.25) is 4.79 Å². The second kappa shape index (κ2) is 7.13. The van der Waals surface area contributed by atoms with Crippen molar-refractivity contribution in [3.05, 3.63) is 77.8 Å². The summed E-state index contributed by atoms with van der Waals surface area (Å²) in [6.45, 7) is 4.63. The van der Waals surface area contributed by atoms with Crippen LogP contribution in [-0.2, 0) is 0 Å². The number of rotatable bonds is 5. The molecule has 0 aliphatic rings. The zero-order valence-corrected chi connectivity index (χ0v) is 13.8. The molecule has 0 saturated carbocycles. The Morgan fingerprint density at radius 3 is 2.71 bits per heavy atom. The van der Waals surface area contributed by atoms with Crippen LogP contribution in [0.3, 0.4) is 0 Å². The quantitative estimate of drug-likeness (QED) is 0.767. The molecule has 0 saturated heterocycles. The van der Waals surface area contributed by atoms with Gasteiger partial charge in [-0.15, -0.1) is 0 Å². The fraction of sp³-hybridized carbons (Fsp3) is 0.200. The van der Waals surface area contributed by atoms with E-state index in [4.69, 9.17) is 4.42 Å². The number of carbonyl (C=O) groups is 1. The lowest BCUT2D eigenvalue weighted by molar-refractivity contribution is 0.0947. The van der Waals surface area contributed by atoms with Crippen molar-refractivity contribution in [1.82, 2.24) is 10.3 Å². The zero-order chi connectivity index (χ0) is 16.9. The normalized spacial score (nSPS) is 11.9. The largest absolute Gasteiger partial charge is 0.443 e. The van der Waals surface area contributed by atoms with Gasteiger partial charge in [-0.05, 0) is 24.5 Å². The Kier molecular flexibility index (Phi) is 4.75. The van der Waals surface area contributed by atoms with Crippen molar-refractivity contribution < 1.29 is 9.21 Å². The van der Waals surface area contributed by atoms with E-state index >= 15 is 0 Å². The monoisotopic (exact) mass is 320 g/mol. The second-order valence-corrected chi connectivity index (χ2v) is 5.92. The molecule has 0 aliphatic heterocycles. The highest BCUT2D eigenvalue weighted by molar-refractivity contribution is 5.97. The molecule has 0 fully saturated rings. The Morgan fingerprint density at radius 1 is 1.17 bits per heavy atom. The van der Waals surface area contributed by atoms with Crippen molar-refractivity contribution >= 4 is 5.91 Å². The van der Waals surface area contributed by atoms with Crippen molar-refractivity contribution in [2.45, 2.75) is 19.8 Å². The lowest BCUT2D eigenvalue weighted by atomic mass is 10.0. The van der Waals surface area contributed by atoms with E-state index in [2.05, 4.69) is 29.4 Å². The molecular formula is C20H20N2O2. The molecule has 0 spiro atoms. The fourth-order valence-electron chi connectivity index (χ4n) is 2.63. The van der Waals surface area contributed by atoms with Crippen LogP contribution in [0.2, 0.25) is 0 Å². The third-order valence-electron chi connectivity index (χ3n) is 4.00. The van der Waals surface area contributed by atoms with Crippen LogP contribution in [0, 0.1) is 6.92 Å². The Bertz CT molecular complexity index is 824. The van der Waals surface area contributed by atoms with Crippen LogP contribution in [0.15, 0.2) is 65.4 Å². The molecular weight excluding hydrogens is 300 g/mol. The summed E-state index contributed by atoms with van der Waals surface area (Å²) in [6.07, 6.45) is 1.31. The Hall–Kier alpha value is -2.88. The molecule has 4 heteroatoms. The third-order valence-corrected chi connectivity index (χ3v) is 4.00. The minimum absolute atomic E-state index is 0.219. The van der Waals surface area contributed by atoms with Crippen molar-refractivity contribution in [1.29, 1.82) is 0 Å². The van der Waals surface area contributed by atoms with Crippen LogP contribution in [-0.4, -0.2) is 17.4 Å². The summed E-state index contributed by atoms with van der Waals surface area (Å²) in [5, 5.41) is 2.95. The summed E-state index contributed by atoms with van der Waals surface area (Å²) in [5.41, 5.74) is 3.47. The predicted molar refractivity (Wildman–Crippen MR) is 93.9 cm³/mol. The number of benzene rings is 2. The maximum Gasteiger partial charge on any atom is 0.273 e. The first-order valence-electron chi connectivity index (χ1n) is 7.99. The van der Waals surface area contributed by atoms with Gasteiger partial charge in [-0.1, -0.05) is 61.0 Å². The molecule has 3 rings (SSSR count). The average molecular weight is 320 g/mol. The molecule has 0 unspecified atom stereocenters. The molecule has 0 aliphatic carbocycles. The van der Waals surface area contributed by atoms with Gasteiger partial charge in [0.1, 0.15) is 0 Å². The number of aromatic nitrogens is 1. The topological polar surface area (TPSA) is 55.1 Å². The molecule has 122 valence electrons. The molecule has 4 nitrogen and oxygen atoms in total. The van der Waals surface area contributed by atoms with Crippen LogP contribution < -0.4 is 5.32 Å². The highest BCUT2D eigenvalue weighted by Gasteiger charge is 2.19. The van der Waals surface area contributed by atoms with Crippen LogP contribution in [0.5, 0.6) is 0 Å². The van der Waals surface area contributed by atoms with Crippen molar-refractivity contribution in [3.63, 3.8) is 0 Å². The van der Waals surface area contributed by atoms with E-state index in [0.717, 1.165) is 11.1 Å². The average Bonchev–Trinajstić information content (AvgIpc) is 3.10. The molecule has 1 atom stereocenters. The number of hydrogen-bond acceptors (Lipinski definition) is 3. The molecule has 1 heterocycles. The van der Waals surface area contributed by atoms with E-state index in [1.807, 2.05) is 49.4 Å². The van der Waals surface area contributed by atoms with Gasteiger partial charge in [0.2, 0.25) is 0 Å². The standard InChI is InChI=1S/C20H20N2O2/c1-14-7-6-10-17(11-14)19-18(22-13-24-19)20(23)21-12-15(2)16-8-4-3-5-9-16/h3-11,13,15H,12H2,1-2H3,(H,21,23)/t15-/m0/s1. The number of nitrogens with zero attached hydrogens (tertiary/aromatic N) is 1. The fourth-order valence-corrected chi connectivity index (χ4v) is 2.63. The van der Waals surface area contributed by atoms with E-state index in [-0.39, 0.29) is 11.8 Å². The second-order valence-electron chi connectivity index (χ2n) is 5.92. The maximum absolute atomic E-state index is 12.5. The lowest BCUT2D eigenvalue weighted by Gasteiger charge is -2.12. The Balaban J connectivity index is 1.71. The van der Waals surface area contributed by atoms with Gasteiger partial charge in [-0.25, -0.2) is 4.98 Å². The molecule has 1 amide bonds. The smallest absolute Gasteiger partial charge is 0.273 e. The lowest BCUT2D eigenvalue weighted by Crippen LogP contribution is -2.28. The maximum atomic E-state index is 12.5. The molecule has 1 aromatic heterocycles. The van der Waals surface area contributed by atoms with Gasteiger partial charge in [0.05, 0.1) is 0 Å². The van der Waals surface area contributed by atoms with Crippen LogP contribution in [0.1, 0.15) is 34.5 Å². The minimum Gasteiger partial charge on any atom is -0.443 e. The molecule has 0 radical (unpaired) electrons. The summed E-state index contributed by atoms with van der Waals surface area (Å²) in [5.74, 6) is 0.510. The molecule has 3 aromatic rings. The van der Waals surface area contributed by atoms with Gasteiger partial charge < -0.3 is 9.73 Å². The predicted octanol–water partition coefficient (Wildman–Crippen LogP) is 4.18. The Morgan fingerprint density at radius 2 is 1.96 bits per heavy atom. The summed E-state index contributed by atoms with van der Waals surface area (Å²) in [7, 11) is 0. The number of carbonyl (C=O) groups excluding carboxylic acids is 1. The van der Waals surface area contributed by atoms with Gasteiger partial charge in [0.15, 0.2) is 17.8 Å². The van der Waals surface area contributed by atoms with E-state index in [1.54, 1.807) is 0 Å². The number of hydrogen-bond donors (Lipinski definition) is 1. The SMILES string of the molecule is Cc1cccc(-c2ocnc2C(=O)NC[C@H](C)c2ccccc2)c1. The highest BCUT2D eigenvalue weighted by atomic mass is 16.3. The highest BCUT2D eigenvalue weighted by Crippen LogP contribution is 2.24. The first-order chi connectivity index (χ1) is 11.6. The van der Waals surface area contributed by atoms with E-state index in [0.29, 0.717) is 18.0 Å². The first-order valence-corrected chi connectivity index (χ1v) is 7.99. The van der Waals surface area contributed by atoms with Crippen molar-refractivity contribution in [3.8, 4) is 11.3 Å². The number of oxazole rings is 1. The van der Waals surface area contributed by atoms with Crippen LogP contribution in [0.4, 0.5) is 0 Å². The van der Waals surface area contributed by atoms with Crippen molar-refractivity contribution in [2.24, 2.45) is 0 Å². The first kappa shape index (κ1) is 16.0. The van der Waals surface area contributed by atoms with Gasteiger partial charge in [0.25, 0.3) is 5.91 Å². The van der Waals surface area contributed by atoms with E-state index in [9.17, 15) is 4.79 Å². The van der Waals surface area contributed by atoms with E-state index in [1.165, 1.54) is 12.0 Å². The molecule has 0 bridgehead atoms. The summed E-state index contributed by atoms with van der Waals surface area (Å²) < 4.78 is 5.45. The Labute approximate surface area is 141 Å². The summed E-state index contributed by atoms with van der Waals surface area (Å²) >= 11 is 0. The summed E-state index contributed by atoms with van der Waals surface area (Å²) in [4.78, 5) is 16.6. The zero-order valence-electron chi connectivity index (χ0n) is 13.8. The number of nitrogens with one attached hydrogen (secondary N) is 1. The summed E-state index contributed by atoms with van der Waals surface area (Å²) in [6, 6.07) is 17.9. The van der Waals surface area contributed by atoms with Crippen molar-refractivity contribution in [2.75, 3.05) is 6.54 Å². The molecule has 2 aromatic carbocycles. The third kappa shape index (κ3) is 3.54. The van der Waals surface area contributed by atoms with Gasteiger partial charge >= 0.3 is 0 Å². The van der Waals surface area contributed by atoms with Gasteiger partial charge in [0, 0.05) is 12.1 Å². The number of amides is 1.